The number of carbonyl (C=O) groups is 1. The van der Waals surface area contributed by atoms with E-state index >= 15 is 0 Å². The Morgan fingerprint density at radius 3 is 2.59 bits per heavy atom. The van der Waals surface area contributed by atoms with Gasteiger partial charge in [-0.15, -0.1) is 0 Å². The van der Waals surface area contributed by atoms with Crippen LogP contribution in [-0.4, -0.2) is 20.4 Å². The molecule has 0 aliphatic carbocycles. The molecule has 7 heteroatoms. The summed E-state index contributed by atoms with van der Waals surface area (Å²) in [5, 5.41) is 13.5. The number of carbonyl (C=O) groups excluding carboxylic acids is 1. The maximum atomic E-state index is 12.2. The monoisotopic (exact) mass is 302 g/mol. The summed E-state index contributed by atoms with van der Waals surface area (Å²) >= 11 is 0. The lowest BCUT2D eigenvalue weighted by Gasteiger charge is -2.23. The van der Waals surface area contributed by atoms with Crippen LogP contribution in [0, 0.1) is 16.0 Å². The Balaban J connectivity index is 2.03. The maximum Gasteiger partial charge on any atom is 0.381 e. The molecule has 1 aromatic heterocycles. The summed E-state index contributed by atoms with van der Waals surface area (Å²) < 4.78 is 1.40. The number of hydrogen-bond donors (Lipinski definition) is 1. The molecule has 0 fully saturated rings. The van der Waals surface area contributed by atoms with Gasteiger partial charge in [-0.25, -0.2) is 0 Å². The molecule has 0 aliphatic heterocycles. The van der Waals surface area contributed by atoms with Crippen molar-refractivity contribution in [2.45, 2.75) is 26.4 Å². The average Bonchev–Trinajstić information content (AvgIpc) is 2.94. The maximum absolute atomic E-state index is 12.2. The van der Waals surface area contributed by atoms with Gasteiger partial charge in [-0.2, -0.15) is 0 Å². The normalized spacial score (nSPS) is 12.1. The minimum absolute atomic E-state index is 0.00308. The van der Waals surface area contributed by atoms with E-state index in [9.17, 15) is 14.9 Å². The first-order chi connectivity index (χ1) is 10.5. The Morgan fingerprint density at radius 2 is 2.05 bits per heavy atom. The largest absolute Gasteiger partial charge is 0.381 e. The van der Waals surface area contributed by atoms with Crippen LogP contribution in [-0.2, 0) is 11.3 Å². The standard InChI is InChI=1S/C15H18N4O3/c1-11(2)15(12-6-4-3-5-7-12)17-14(20)9-18-8-13(16-10-18)19(21)22/h3-8,10-11,15H,9H2,1-2H3,(H,17,20)/t15-/m0/s1. The second-order valence-electron chi connectivity index (χ2n) is 5.36. The third-order valence-corrected chi connectivity index (χ3v) is 3.27. The van der Waals surface area contributed by atoms with Gasteiger partial charge in [0.2, 0.25) is 12.2 Å². The van der Waals surface area contributed by atoms with Gasteiger partial charge in [0, 0.05) is 0 Å². The molecule has 0 radical (unpaired) electrons. The van der Waals surface area contributed by atoms with Crippen molar-refractivity contribution in [3.8, 4) is 0 Å². The Morgan fingerprint density at radius 1 is 1.36 bits per heavy atom. The predicted molar refractivity (Wildman–Crippen MR) is 81.0 cm³/mol. The van der Waals surface area contributed by atoms with Crippen molar-refractivity contribution in [1.29, 1.82) is 0 Å². The van der Waals surface area contributed by atoms with E-state index in [0.29, 0.717) is 0 Å². The lowest BCUT2D eigenvalue weighted by molar-refractivity contribution is -0.389. The summed E-state index contributed by atoms with van der Waals surface area (Å²) in [5.74, 6) is -0.255. The minimum Gasteiger partial charge on any atom is -0.358 e. The van der Waals surface area contributed by atoms with Crippen molar-refractivity contribution < 1.29 is 9.72 Å². The second kappa shape index (κ2) is 6.84. The highest BCUT2D eigenvalue weighted by Gasteiger charge is 2.19. The van der Waals surface area contributed by atoms with Crippen LogP contribution in [0.25, 0.3) is 0 Å². The fourth-order valence-corrected chi connectivity index (χ4v) is 2.21. The zero-order valence-corrected chi connectivity index (χ0v) is 12.5. The summed E-state index contributed by atoms with van der Waals surface area (Å²) in [4.78, 5) is 25.8. The van der Waals surface area contributed by atoms with Gasteiger partial charge < -0.3 is 20.0 Å². The van der Waals surface area contributed by atoms with Crippen molar-refractivity contribution in [1.82, 2.24) is 14.9 Å². The zero-order chi connectivity index (χ0) is 16.1. The molecular weight excluding hydrogens is 284 g/mol. The highest BCUT2D eigenvalue weighted by atomic mass is 16.6. The number of amides is 1. The highest BCUT2D eigenvalue weighted by Crippen LogP contribution is 2.21. The smallest absolute Gasteiger partial charge is 0.358 e. The number of aromatic nitrogens is 2. The van der Waals surface area contributed by atoms with Crippen LogP contribution in [0.15, 0.2) is 42.9 Å². The third kappa shape index (κ3) is 3.91. The van der Waals surface area contributed by atoms with E-state index in [1.807, 2.05) is 44.2 Å². The van der Waals surface area contributed by atoms with Gasteiger partial charge in [-0.05, 0) is 21.4 Å². The van der Waals surface area contributed by atoms with E-state index in [1.165, 1.54) is 17.1 Å². The van der Waals surface area contributed by atoms with E-state index in [-0.39, 0.29) is 30.2 Å². The number of nitro groups is 1. The van der Waals surface area contributed by atoms with Crippen molar-refractivity contribution >= 4 is 11.7 Å². The fraction of sp³-hybridized carbons (Fsp3) is 0.333. The molecule has 1 atom stereocenters. The quantitative estimate of drug-likeness (QED) is 0.655. The molecule has 0 unspecified atom stereocenters. The first-order valence-electron chi connectivity index (χ1n) is 6.98. The molecule has 0 aliphatic rings. The number of rotatable bonds is 6. The van der Waals surface area contributed by atoms with Gasteiger partial charge in [0.05, 0.1) is 6.04 Å². The Kier molecular flexibility index (Phi) is 4.88. The number of hydrogen-bond acceptors (Lipinski definition) is 4. The lowest BCUT2D eigenvalue weighted by Crippen LogP contribution is -2.34. The second-order valence-corrected chi connectivity index (χ2v) is 5.36. The molecule has 116 valence electrons. The molecule has 22 heavy (non-hydrogen) atoms. The first-order valence-corrected chi connectivity index (χ1v) is 6.98. The number of benzene rings is 1. The van der Waals surface area contributed by atoms with Crippen molar-refractivity contribution in [2.75, 3.05) is 0 Å². The van der Waals surface area contributed by atoms with E-state index < -0.39 is 4.92 Å². The molecule has 1 N–H and O–H groups in total. The number of nitrogens with zero attached hydrogens (tertiary/aromatic N) is 3. The molecule has 1 aromatic carbocycles. The fourth-order valence-electron chi connectivity index (χ4n) is 2.21. The summed E-state index contributed by atoms with van der Waals surface area (Å²) in [7, 11) is 0. The average molecular weight is 302 g/mol. The first kappa shape index (κ1) is 15.7. The van der Waals surface area contributed by atoms with E-state index in [1.54, 1.807) is 0 Å². The van der Waals surface area contributed by atoms with Gasteiger partial charge in [0.15, 0.2) is 0 Å². The Hall–Kier alpha value is -2.70. The molecule has 0 bridgehead atoms. The highest BCUT2D eigenvalue weighted by molar-refractivity contribution is 5.76. The summed E-state index contributed by atoms with van der Waals surface area (Å²) in [6, 6.07) is 9.60. The van der Waals surface area contributed by atoms with Crippen LogP contribution in [0.1, 0.15) is 25.5 Å². The van der Waals surface area contributed by atoms with Crippen LogP contribution >= 0.6 is 0 Å². The topological polar surface area (TPSA) is 90.1 Å². The zero-order valence-electron chi connectivity index (χ0n) is 12.5. The molecule has 2 aromatic rings. The summed E-state index contributed by atoms with van der Waals surface area (Å²) in [6.07, 6.45) is 2.52. The number of imidazole rings is 1. The van der Waals surface area contributed by atoms with Crippen molar-refractivity contribution in [3.05, 3.63) is 58.5 Å². The van der Waals surface area contributed by atoms with Crippen LogP contribution in [0.4, 0.5) is 5.82 Å². The molecule has 7 nitrogen and oxygen atoms in total. The molecular formula is C15H18N4O3. The Bertz CT molecular complexity index is 652. The minimum atomic E-state index is -0.588. The van der Waals surface area contributed by atoms with Crippen LogP contribution in [0.2, 0.25) is 0 Å². The van der Waals surface area contributed by atoms with E-state index in [4.69, 9.17) is 0 Å². The van der Waals surface area contributed by atoms with Gasteiger partial charge in [0.25, 0.3) is 0 Å². The Labute approximate surface area is 128 Å². The molecule has 0 spiro atoms. The van der Waals surface area contributed by atoms with Crippen LogP contribution in [0.3, 0.4) is 0 Å². The summed E-state index contributed by atoms with van der Waals surface area (Å²) in [6.45, 7) is 4.05. The molecule has 2 rings (SSSR count). The van der Waals surface area contributed by atoms with Crippen LogP contribution in [0.5, 0.6) is 0 Å². The SMILES string of the molecule is CC(C)[C@H](NC(=O)Cn1cnc([N+](=O)[O-])c1)c1ccccc1. The molecule has 1 heterocycles. The molecule has 1 amide bonds. The van der Waals surface area contributed by atoms with Gasteiger partial charge in [-0.1, -0.05) is 44.2 Å². The van der Waals surface area contributed by atoms with Gasteiger partial charge >= 0.3 is 5.82 Å². The number of nitrogens with one attached hydrogen (secondary N) is 1. The molecule has 0 saturated carbocycles. The summed E-state index contributed by atoms with van der Waals surface area (Å²) in [5.41, 5.74) is 1.03. The van der Waals surface area contributed by atoms with Gasteiger partial charge in [0.1, 0.15) is 12.7 Å². The van der Waals surface area contributed by atoms with Crippen molar-refractivity contribution in [2.24, 2.45) is 5.92 Å². The lowest BCUT2D eigenvalue weighted by atomic mass is 9.96. The van der Waals surface area contributed by atoms with E-state index in [2.05, 4.69) is 10.3 Å². The van der Waals surface area contributed by atoms with Crippen LogP contribution < -0.4 is 5.32 Å². The third-order valence-electron chi connectivity index (χ3n) is 3.27. The van der Waals surface area contributed by atoms with E-state index in [0.717, 1.165) is 5.56 Å². The predicted octanol–water partition coefficient (Wildman–Crippen LogP) is 2.30. The van der Waals surface area contributed by atoms with Crippen molar-refractivity contribution in [3.63, 3.8) is 0 Å². The molecule has 0 saturated heterocycles. The van der Waals surface area contributed by atoms with Gasteiger partial charge in [-0.3, -0.25) is 4.79 Å².